The molecule has 0 spiro atoms. The summed E-state index contributed by atoms with van der Waals surface area (Å²) in [5.74, 6) is -1.19. The summed E-state index contributed by atoms with van der Waals surface area (Å²) in [7, 11) is 0. The molecule has 0 saturated carbocycles. The molecule has 2 rings (SSSR count). The van der Waals surface area contributed by atoms with Crippen molar-refractivity contribution in [2.75, 3.05) is 31.5 Å². The van der Waals surface area contributed by atoms with Gasteiger partial charge < -0.3 is 32.7 Å². The monoisotopic (exact) mass is 496 g/mol. The number of anilines is 1. The Bertz CT molecular complexity index is 998. The van der Waals surface area contributed by atoms with Crippen LogP contribution in [0.2, 0.25) is 0 Å². The van der Waals surface area contributed by atoms with Crippen molar-refractivity contribution in [3.8, 4) is 0 Å². The van der Waals surface area contributed by atoms with Crippen molar-refractivity contribution in [2.45, 2.75) is 52.1 Å². The smallest absolute Gasteiger partial charge is 0.246 e. The van der Waals surface area contributed by atoms with Gasteiger partial charge in [-0.05, 0) is 50.3 Å². The van der Waals surface area contributed by atoms with Gasteiger partial charge in [0.15, 0.2) is 0 Å². The molecular formula is C27H40N6O3. The van der Waals surface area contributed by atoms with Crippen molar-refractivity contribution < 1.29 is 14.4 Å². The van der Waals surface area contributed by atoms with E-state index in [4.69, 9.17) is 17.2 Å². The number of hydrogen-bond donors (Lipinski definition) is 5. The summed E-state index contributed by atoms with van der Waals surface area (Å²) in [6, 6.07) is 11.8. The molecule has 3 amide bonds. The number of aryl methyl sites for hydroxylation is 4. The molecule has 0 aliphatic heterocycles. The number of nitrogens with zero attached hydrogens (tertiary/aromatic N) is 1. The molecule has 9 nitrogen and oxygen atoms in total. The zero-order chi connectivity index (χ0) is 26.7. The fraction of sp³-hybridized carbons (Fsp3) is 0.444. The third-order valence-electron chi connectivity index (χ3n) is 6.00. The molecule has 196 valence electrons. The van der Waals surface area contributed by atoms with Crippen LogP contribution in [0.3, 0.4) is 0 Å². The number of benzene rings is 2. The standard InChI is InChI=1S/C27H40N6O3/c1-18-15-19(2)25(20(3)16-18)32-27(36)23(10-9-21-7-5-4-6-8-21)31-26(35)22(30)17-24(34)33(13-11-28)14-12-29/h4-8,15-16,22-23H,9-14,17,28-30H2,1-3H3,(H,31,35)(H,32,36)/t22-,23-/m0/s1. The number of amides is 3. The Kier molecular flexibility index (Phi) is 11.5. The van der Waals surface area contributed by atoms with Crippen LogP contribution in [0.25, 0.3) is 0 Å². The second-order valence-corrected chi connectivity index (χ2v) is 9.12. The highest BCUT2D eigenvalue weighted by Crippen LogP contribution is 2.22. The summed E-state index contributed by atoms with van der Waals surface area (Å²) in [6.45, 7) is 7.11. The number of hydrogen-bond acceptors (Lipinski definition) is 6. The van der Waals surface area contributed by atoms with Crippen LogP contribution in [0.1, 0.15) is 35.1 Å². The minimum atomic E-state index is -1.11. The fourth-order valence-electron chi connectivity index (χ4n) is 4.17. The van der Waals surface area contributed by atoms with E-state index in [2.05, 4.69) is 10.6 Å². The maximum absolute atomic E-state index is 13.3. The highest BCUT2D eigenvalue weighted by molar-refractivity contribution is 5.99. The molecule has 0 bridgehead atoms. The Balaban J connectivity index is 2.14. The Morgan fingerprint density at radius 1 is 0.917 bits per heavy atom. The number of rotatable bonds is 13. The summed E-state index contributed by atoms with van der Waals surface area (Å²) < 4.78 is 0. The SMILES string of the molecule is Cc1cc(C)c(NC(=O)[C@H](CCc2ccccc2)NC(=O)[C@@H](N)CC(=O)N(CCN)CCN)c(C)c1. The van der Waals surface area contributed by atoms with E-state index < -0.39 is 18.0 Å². The van der Waals surface area contributed by atoms with Gasteiger partial charge in [-0.1, -0.05) is 48.0 Å². The van der Waals surface area contributed by atoms with Crippen LogP contribution in [0, 0.1) is 20.8 Å². The Hall–Kier alpha value is -3.27. The van der Waals surface area contributed by atoms with Gasteiger partial charge in [0.25, 0.3) is 0 Å². The lowest BCUT2D eigenvalue weighted by atomic mass is 10.0. The van der Waals surface area contributed by atoms with Gasteiger partial charge in [-0.15, -0.1) is 0 Å². The minimum absolute atomic E-state index is 0.199. The average molecular weight is 497 g/mol. The third kappa shape index (κ3) is 8.75. The largest absolute Gasteiger partial charge is 0.343 e. The molecular weight excluding hydrogens is 456 g/mol. The van der Waals surface area contributed by atoms with Crippen molar-refractivity contribution in [3.63, 3.8) is 0 Å². The van der Waals surface area contributed by atoms with E-state index in [1.54, 1.807) is 0 Å². The quantitative estimate of drug-likeness (QED) is 0.280. The minimum Gasteiger partial charge on any atom is -0.343 e. The van der Waals surface area contributed by atoms with Gasteiger partial charge in [0.1, 0.15) is 6.04 Å². The van der Waals surface area contributed by atoms with E-state index in [1.807, 2.05) is 63.2 Å². The summed E-state index contributed by atoms with van der Waals surface area (Å²) in [4.78, 5) is 40.3. The molecule has 8 N–H and O–H groups in total. The first kappa shape index (κ1) is 29.0. The second-order valence-electron chi connectivity index (χ2n) is 9.12. The molecule has 2 aromatic rings. The van der Waals surface area contributed by atoms with Gasteiger partial charge in [-0.2, -0.15) is 0 Å². The van der Waals surface area contributed by atoms with Crippen molar-refractivity contribution in [2.24, 2.45) is 17.2 Å². The lowest BCUT2D eigenvalue weighted by molar-refractivity contribution is -0.134. The number of nitrogens with two attached hydrogens (primary N) is 3. The molecule has 2 aromatic carbocycles. The van der Waals surface area contributed by atoms with E-state index in [0.29, 0.717) is 25.9 Å². The number of carbonyl (C=O) groups excluding carboxylic acids is 3. The zero-order valence-electron chi connectivity index (χ0n) is 21.5. The molecule has 0 aliphatic rings. The van der Waals surface area contributed by atoms with E-state index in [-0.39, 0.29) is 31.3 Å². The predicted molar refractivity (Wildman–Crippen MR) is 143 cm³/mol. The maximum atomic E-state index is 13.3. The van der Waals surface area contributed by atoms with Gasteiger partial charge in [0.2, 0.25) is 17.7 Å². The van der Waals surface area contributed by atoms with Crippen LogP contribution < -0.4 is 27.8 Å². The summed E-state index contributed by atoms with van der Waals surface area (Å²) >= 11 is 0. The molecule has 0 unspecified atom stereocenters. The first-order chi connectivity index (χ1) is 17.2. The zero-order valence-corrected chi connectivity index (χ0v) is 21.5. The lowest BCUT2D eigenvalue weighted by Crippen LogP contribution is -2.52. The number of nitrogens with one attached hydrogen (secondary N) is 2. The van der Waals surface area contributed by atoms with Crippen LogP contribution in [0.5, 0.6) is 0 Å². The molecule has 0 fully saturated rings. The van der Waals surface area contributed by atoms with Gasteiger partial charge in [-0.25, -0.2) is 0 Å². The van der Waals surface area contributed by atoms with Gasteiger partial charge in [0, 0.05) is 31.9 Å². The molecule has 0 aromatic heterocycles. The molecule has 36 heavy (non-hydrogen) atoms. The Morgan fingerprint density at radius 3 is 2.06 bits per heavy atom. The van der Waals surface area contributed by atoms with Crippen LogP contribution in [0.4, 0.5) is 5.69 Å². The predicted octanol–water partition coefficient (Wildman–Crippen LogP) is 1.13. The van der Waals surface area contributed by atoms with E-state index in [1.165, 1.54) is 4.90 Å². The lowest BCUT2D eigenvalue weighted by Gasteiger charge is -2.24. The maximum Gasteiger partial charge on any atom is 0.246 e. The summed E-state index contributed by atoms with van der Waals surface area (Å²) in [6.07, 6.45) is 0.758. The van der Waals surface area contributed by atoms with Crippen LogP contribution in [-0.2, 0) is 20.8 Å². The van der Waals surface area contributed by atoms with Gasteiger partial charge in [-0.3, -0.25) is 14.4 Å². The molecule has 2 atom stereocenters. The average Bonchev–Trinajstić information content (AvgIpc) is 2.84. The Morgan fingerprint density at radius 2 is 1.50 bits per heavy atom. The molecule has 0 aliphatic carbocycles. The summed E-state index contributed by atoms with van der Waals surface area (Å²) in [5.41, 5.74) is 22.0. The van der Waals surface area contributed by atoms with Crippen molar-refractivity contribution in [1.29, 1.82) is 0 Å². The first-order valence-corrected chi connectivity index (χ1v) is 12.3. The van der Waals surface area contributed by atoms with Crippen LogP contribution in [0.15, 0.2) is 42.5 Å². The fourth-order valence-corrected chi connectivity index (χ4v) is 4.17. The highest BCUT2D eigenvalue weighted by atomic mass is 16.2. The van der Waals surface area contributed by atoms with Crippen molar-refractivity contribution in [1.82, 2.24) is 10.2 Å². The van der Waals surface area contributed by atoms with Crippen molar-refractivity contribution >= 4 is 23.4 Å². The van der Waals surface area contributed by atoms with Crippen LogP contribution >= 0.6 is 0 Å². The normalized spacial score (nSPS) is 12.5. The second kappa shape index (κ2) is 14.3. The molecule has 9 heteroatoms. The summed E-state index contributed by atoms with van der Waals surface area (Å²) in [5, 5.41) is 5.75. The van der Waals surface area contributed by atoms with E-state index >= 15 is 0 Å². The number of carbonyl (C=O) groups is 3. The van der Waals surface area contributed by atoms with Gasteiger partial charge in [0.05, 0.1) is 12.5 Å². The molecule has 0 heterocycles. The third-order valence-corrected chi connectivity index (χ3v) is 6.00. The van der Waals surface area contributed by atoms with Gasteiger partial charge >= 0.3 is 0 Å². The van der Waals surface area contributed by atoms with Crippen LogP contribution in [-0.4, -0.2) is 60.9 Å². The Labute approximate surface area is 213 Å². The highest BCUT2D eigenvalue weighted by Gasteiger charge is 2.27. The molecule has 0 saturated heterocycles. The molecule has 0 radical (unpaired) electrons. The van der Waals surface area contributed by atoms with E-state index in [0.717, 1.165) is 27.9 Å². The topological polar surface area (TPSA) is 157 Å². The van der Waals surface area contributed by atoms with Crippen molar-refractivity contribution in [3.05, 3.63) is 64.7 Å². The first-order valence-electron chi connectivity index (χ1n) is 12.3. The van der Waals surface area contributed by atoms with E-state index in [9.17, 15) is 14.4 Å².